The smallest absolute Gasteiger partial charge is 0.324 e. The highest BCUT2D eigenvalue weighted by Crippen LogP contribution is 2.29. The maximum absolute atomic E-state index is 11.1. The number of nitrogens with zero attached hydrogens (tertiary/aromatic N) is 3. The SMILES string of the molecule is NC(=O)N1C=CN2C=C3C=CCN3C=C21. The van der Waals surface area contributed by atoms with Gasteiger partial charge in [0.15, 0.2) is 0 Å². The normalized spacial score (nSPS) is 21.5. The summed E-state index contributed by atoms with van der Waals surface area (Å²) in [6.07, 6.45) is 11.5. The van der Waals surface area contributed by atoms with Crippen LogP contribution in [0.25, 0.3) is 0 Å². The second-order valence-corrected chi connectivity index (χ2v) is 3.51. The molecule has 0 fully saturated rings. The number of carbonyl (C=O) groups is 1. The molecule has 0 saturated carbocycles. The molecule has 5 heteroatoms. The van der Waals surface area contributed by atoms with Gasteiger partial charge in [0.1, 0.15) is 5.82 Å². The number of allylic oxidation sites excluding steroid dienone is 1. The van der Waals surface area contributed by atoms with Gasteiger partial charge in [0.2, 0.25) is 0 Å². The molecule has 0 spiro atoms. The minimum Gasteiger partial charge on any atom is -0.351 e. The average Bonchev–Trinajstić information content (AvgIpc) is 2.77. The Balaban J connectivity index is 1.98. The van der Waals surface area contributed by atoms with Gasteiger partial charge in [-0.05, 0) is 6.08 Å². The fourth-order valence-electron chi connectivity index (χ4n) is 1.85. The maximum atomic E-state index is 11.1. The molecular formula is C10H10N4O. The quantitative estimate of drug-likeness (QED) is 0.628. The number of carbonyl (C=O) groups excluding carboxylic acids is 1. The van der Waals surface area contributed by atoms with E-state index in [1.54, 1.807) is 6.20 Å². The Bertz CT molecular complexity index is 446. The number of primary amides is 1. The summed E-state index contributed by atoms with van der Waals surface area (Å²) in [6.45, 7) is 0.843. The Morgan fingerprint density at radius 3 is 3.00 bits per heavy atom. The van der Waals surface area contributed by atoms with Crippen LogP contribution in [-0.2, 0) is 0 Å². The number of hydrogen-bond acceptors (Lipinski definition) is 3. The fourth-order valence-corrected chi connectivity index (χ4v) is 1.85. The maximum Gasteiger partial charge on any atom is 0.324 e. The number of rotatable bonds is 0. The van der Waals surface area contributed by atoms with Crippen molar-refractivity contribution in [2.45, 2.75) is 0 Å². The van der Waals surface area contributed by atoms with Crippen molar-refractivity contribution in [2.75, 3.05) is 6.54 Å². The second kappa shape index (κ2) is 2.66. The molecule has 3 rings (SSSR count). The zero-order chi connectivity index (χ0) is 10.4. The van der Waals surface area contributed by atoms with Crippen LogP contribution in [-0.4, -0.2) is 27.3 Å². The Morgan fingerprint density at radius 2 is 2.20 bits per heavy atom. The molecule has 2 N–H and O–H groups in total. The van der Waals surface area contributed by atoms with Gasteiger partial charge in [-0.1, -0.05) is 6.08 Å². The van der Waals surface area contributed by atoms with Gasteiger partial charge in [-0.25, -0.2) is 4.79 Å². The predicted molar refractivity (Wildman–Crippen MR) is 54.4 cm³/mol. The van der Waals surface area contributed by atoms with E-state index in [1.807, 2.05) is 29.6 Å². The standard InChI is InChI=1S/C10H10N4O/c11-10(15)14-5-4-13-6-8-2-1-3-12(8)7-9(13)14/h1-2,4-7H,3H2,(H2,11,15). The van der Waals surface area contributed by atoms with Crippen molar-refractivity contribution in [2.24, 2.45) is 5.73 Å². The first-order valence-corrected chi connectivity index (χ1v) is 4.68. The van der Waals surface area contributed by atoms with Crippen LogP contribution in [0.15, 0.2) is 48.5 Å². The molecule has 0 aromatic carbocycles. The minimum absolute atomic E-state index is 0.469. The van der Waals surface area contributed by atoms with Crippen LogP contribution in [0.2, 0.25) is 0 Å². The summed E-state index contributed by atoms with van der Waals surface area (Å²) in [7, 11) is 0. The third kappa shape index (κ3) is 1.06. The molecule has 2 amide bonds. The molecule has 3 aliphatic heterocycles. The second-order valence-electron chi connectivity index (χ2n) is 3.51. The molecule has 5 nitrogen and oxygen atoms in total. The largest absolute Gasteiger partial charge is 0.351 e. The zero-order valence-corrected chi connectivity index (χ0v) is 8.00. The molecule has 0 saturated heterocycles. The molecule has 0 aromatic heterocycles. The predicted octanol–water partition coefficient (Wildman–Crippen LogP) is 0.680. The van der Waals surface area contributed by atoms with Crippen LogP contribution < -0.4 is 5.73 Å². The lowest BCUT2D eigenvalue weighted by atomic mass is 10.4. The van der Waals surface area contributed by atoms with Crippen LogP contribution in [0.5, 0.6) is 0 Å². The van der Waals surface area contributed by atoms with Gasteiger partial charge in [0.25, 0.3) is 0 Å². The summed E-state index contributed by atoms with van der Waals surface area (Å²) in [6, 6.07) is -0.469. The van der Waals surface area contributed by atoms with E-state index in [2.05, 4.69) is 11.0 Å². The number of amides is 2. The summed E-state index contributed by atoms with van der Waals surface area (Å²) in [5.74, 6) is 0.773. The molecule has 0 atom stereocenters. The van der Waals surface area contributed by atoms with Gasteiger partial charge in [-0.3, -0.25) is 4.90 Å². The van der Waals surface area contributed by atoms with Crippen molar-refractivity contribution < 1.29 is 4.79 Å². The first kappa shape index (κ1) is 8.16. The zero-order valence-electron chi connectivity index (χ0n) is 8.00. The third-order valence-corrected chi connectivity index (χ3v) is 2.59. The number of nitrogens with two attached hydrogens (primary N) is 1. The first-order valence-electron chi connectivity index (χ1n) is 4.68. The van der Waals surface area contributed by atoms with Gasteiger partial charge in [-0.2, -0.15) is 0 Å². The van der Waals surface area contributed by atoms with E-state index >= 15 is 0 Å². The van der Waals surface area contributed by atoms with E-state index in [0.717, 1.165) is 18.1 Å². The van der Waals surface area contributed by atoms with Gasteiger partial charge < -0.3 is 15.5 Å². The lowest BCUT2D eigenvalue weighted by molar-refractivity contribution is 0.228. The first-order chi connectivity index (χ1) is 7.25. The van der Waals surface area contributed by atoms with Crippen LogP contribution >= 0.6 is 0 Å². The van der Waals surface area contributed by atoms with Crippen LogP contribution in [0.3, 0.4) is 0 Å². The molecule has 0 aromatic rings. The van der Waals surface area contributed by atoms with Gasteiger partial charge in [0, 0.05) is 31.3 Å². The Morgan fingerprint density at radius 1 is 1.33 bits per heavy atom. The molecule has 3 aliphatic rings. The molecule has 3 heterocycles. The summed E-state index contributed by atoms with van der Waals surface area (Å²) < 4.78 is 0. The van der Waals surface area contributed by atoms with Crippen molar-refractivity contribution in [3.63, 3.8) is 0 Å². The highest BCUT2D eigenvalue weighted by atomic mass is 16.2. The molecule has 0 bridgehead atoms. The van der Waals surface area contributed by atoms with E-state index in [0.29, 0.717) is 0 Å². The highest BCUT2D eigenvalue weighted by Gasteiger charge is 2.28. The van der Waals surface area contributed by atoms with Crippen LogP contribution in [0, 0.1) is 0 Å². The molecule has 0 aliphatic carbocycles. The average molecular weight is 202 g/mol. The topological polar surface area (TPSA) is 52.8 Å². The summed E-state index contributed by atoms with van der Waals surface area (Å²) in [5, 5.41) is 0. The van der Waals surface area contributed by atoms with Crippen molar-refractivity contribution in [3.8, 4) is 0 Å². The van der Waals surface area contributed by atoms with E-state index in [4.69, 9.17) is 5.73 Å². The van der Waals surface area contributed by atoms with Gasteiger partial charge in [-0.15, -0.1) is 0 Å². The lowest BCUT2D eigenvalue weighted by Crippen LogP contribution is -2.34. The van der Waals surface area contributed by atoms with Crippen molar-refractivity contribution in [1.29, 1.82) is 0 Å². The Hall–Kier alpha value is -2.17. The molecular weight excluding hydrogens is 192 g/mol. The van der Waals surface area contributed by atoms with E-state index < -0.39 is 6.03 Å². The number of fused-ring (bicyclic) bond motifs is 2. The molecule has 15 heavy (non-hydrogen) atoms. The Labute approximate surface area is 87.0 Å². The molecule has 0 radical (unpaired) electrons. The minimum atomic E-state index is -0.469. The van der Waals surface area contributed by atoms with Crippen LogP contribution in [0.4, 0.5) is 4.79 Å². The van der Waals surface area contributed by atoms with Gasteiger partial charge in [0.05, 0.1) is 5.70 Å². The summed E-state index contributed by atoms with van der Waals surface area (Å²) in [4.78, 5) is 16.5. The molecule has 0 unspecified atom stereocenters. The monoisotopic (exact) mass is 202 g/mol. The number of urea groups is 1. The summed E-state index contributed by atoms with van der Waals surface area (Å²) >= 11 is 0. The number of hydrogen-bond donors (Lipinski definition) is 1. The van der Waals surface area contributed by atoms with Gasteiger partial charge >= 0.3 is 6.03 Å². The van der Waals surface area contributed by atoms with Crippen molar-refractivity contribution in [1.82, 2.24) is 14.7 Å². The summed E-state index contributed by atoms with van der Waals surface area (Å²) in [5.41, 5.74) is 6.38. The van der Waals surface area contributed by atoms with Crippen molar-refractivity contribution in [3.05, 3.63) is 48.5 Å². The lowest BCUT2D eigenvalue weighted by Gasteiger charge is -2.28. The van der Waals surface area contributed by atoms with Crippen molar-refractivity contribution >= 4 is 6.03 Å². The third-order valence-electron chi connectivity index (χ3n) is 2.59. The fraction of sp³-hybridized carbons (Fsp3) is 0.100. The van der Waals surface area contributed by atoms with Crippen LogP contribution in [0.1, 0.15) is 0 Å². The highest BCUT2D eigenvalue weighted by molar-refractivity contribution is 5.76. The van der Waals surface area contributed by atoms with E-state index in [1.165, 1.54) is 4.90 Å². The molecule has 76 valence electrons. The van der Waals surface area contributed by atoms with E-state index in [-0.39, 0.29) is 0 Å². The van der Waals surface area contributed by atoms with E-state index in [9.17, 15) is 4.79 Å². The Kier molecular flexibility index (Phi) is 1.45.